The maximum atomic E-state index is 13.1. The van der Waals surface area contributed by atoms with Crippen molar-refractivity contribution in [1.82, 2.24) is 14.8 Å². The number of hydrogen-bond acceptors (Lipinski definition) is 4. The van der Waals surface area contributed by atoms with E-state index in [4.69, 9.17) is 11.5 Å². The van der Waals surface area contributed by atoms with Crippen molar-refractivity contribution in [2.24, 2.45) is 11.5 Å². The van der Waals surface area contributed by atoms with E-state index in [-0.39, 0.29) is 24.5 Å². The minimum absolute atomic E-state index is 0.0650. The second-order valence-electron chi connectivity index (χ2n) is 8.73. The zero-order valence-corrected chi connectivity index (χ0v) is 18.0. The maximum Gasteiger partial charge on any atom is 0.323 e. The quantitative estimate of drug-likeness (QED) is 0.488. The van der Waals surface area contributed by atoms with Gasteiger partial charge < -0.3 is 27.0 Å². The van der Waals surface area contributed by atoms with Gasteiger partial charge in [-0.05, 0) is 24.5 Å². The summed E-state index contributed by atoms with van der Waals surface area (Å²) in [5.41, 5.74) is 13.8. The van der Waals surface area contributed by atoms with Crippen molar-refractivity contribution in [1.29, 1.82) is 0 Å². The van der Waals surface area contributed by atoms with Gasteiger partial charge in [-0.25, -0.2) is 9.59 Å². The van der Waals surface area contributed by atoms with Gasteiger partial charge in [0, 0.05) is 36.1 Å². The predicted octanol–water partition coefficient (Wildman–Crippen LogP) is 2.17. The van der Waals surface area contributed by atoms with E-state index >= 15 is 0 Å². The lowest BCUT2D eigenvalue weighted by atomic mass is 10.1. The largest absolute Gasteiger partial charge is 0.351 e. The minimum atomic E-state index is -0.651. The smallest absolute Gasteiger partial charge is 0.323 e. The molecular formula is C24H26N6O3. The first-order chi connectivity index (χ1) is 15.9. The molecule has 1 saturated heterocycles. The number of urea groups is 1. The van der Waals surface area contributed by atoms with E-state index in [0.717, 1.165) is 6.42 Å². The lowest BCUT2D eigenvalue weighted by Gasteiger charge is -2.24. The van der Waals surface area contributed by atoms with E-state index in [2.05, 4.69) is 22.8 Å². The molecule has 1 aliphatic carbocycles. The molecular weight excluding hydrogens is 420 g/mol. The number of hydrogen-bond donors (Lipinski definition) is 4. The van der Waals surface area contributed by atoms with Gasteiger partial charge in [-0.3, -0.25) is 9.36 Å². The third kappa shape index (κ3) is 4.03. The third-order valence-electron chi connectivity index (χ3n) is 6.43. The number of primary amides is 1. The van der Waals surface area contributed by atoms with E-state index in [9.17, 15) is 14.4 Å². The van der Waals surface area contributed by atoms with Crippen LogP contribution in [0.2, 0.25) is 0 Å². The molecule has 1 aromatic heterocycles. The summed E-state index contributed by atoms with van der Waals surface area (Å²) >= 11 is 0. The number of benzene rings is 2. The second-order valence-corrected chi connectivity index (χ2v) is 8.73. The van der Waals surface area contributed by atoms with Crippen molar-refractivity contribution in [3.8, 4) is 0 Å². The highest BCUT2D eigenvalue weighted by molar-refractivity contribution is 6.05. The second kappa shape index (κ2) is 8.25. The molecule has 2 heterocycles. The van der Waals surface area contributed by atoms with Crippen molar-refractivity contribution >= 4 is 34.6 Å². The molecule has 3 aromatic rings. The van der Waals surface area contributed by atoms with Crippen LogP contribution in [0.25, 0.3) is 10.9 Å². The highest BCUT2D eigenvalue weighted by atomic mass is 16.2. The van der Waals surface area contributed by atoms with Gasteiger partial charge in [0.2, 0.25) is 5.91 Å². The van der Waals surface area contributed by atoms with Crippen LogP contribution in [0.5, 0.6) is 0 Å². The van der Waals surface area contributed by atoms with Crippen molar-refractivity contribution in [2.45, 2.75) is 36.9 Å². The first-order valence-electron chi connectivity index (χ1n) is 11.0. The molecule has 6 N–H and O–H groups in total. The average molecular weight is 447 g/mol. The number of carbonyl (C=O) groups is 3. The van der Waals surface area contributed by atoms with Gasteiger partial charge in [-0.15, -0.1) is 0 Å². The van der Waals surface area contributed by atoms with E-state index < -0.39 is 18.1 Å². The highest BCUT2D eigenvalue weighted by Crippen LogP contribution is 2.40. The minimum Gasteiger partial charge on any atom is -0.351 e. The third-order valence-corrected chi connectivity index (χ3v) is 6.43. The van der Waals surface area contributed by atoms with Crippen molar-refractivity contribution < 1.29 is 14.4 Å². The van der Waals surface area contributed by atoms with Crippen LogP contribution in [-0.2, 0) is 4.79 Å². The topological polar surface area (TPSA) is 135 Å². The Morgan fingerprint density at radius 3 is 2.45 bits per heavy atom. The molecule has 33 heavy (non-hydrogen) atoms. The molecule has 1 unspecified atom stereocenters. The number of nitrogens with one attached hydrogen (secondary N) is 2. The van der Waals surface area contributed by atoms with Crippen LogP contribution < -0.4 is 22.1 Å². The molecule has 2 aliphatic rings. The van der Waals surface area contributed by atoms with E-state index in [1.165, 1.54) is 21.2 Å². The predicted molar refractivity (Wildman–Crippen MR) is 125 cm³/mol. The molecule has 2 fully saturated rings. The van der Waals surface area contributed by atoms with Crippen molar-refractivity contribution in [2.75, 3.05) is 11.9 Å². The van der Waals surface area contributed by atoms with Crippen LogP contribution in [0.4, 0.5) is 15.3 Å². The molecule has 170 valence electrons. The van der Waals surface area contributed by atoms with Gasteiger partial charge in [-0.2, -0.15) is 0 Å². The van der Waals surface area contributed by atoms with Crippen LogP contribution in [0.15, 0.2) is 60.8 Å². The van der Waals surface area contributed by atoms with Crippen molar-refractivity contribution in [3.63, 3.8) is 0 Å². The van der Waals surface area contributed by atoms with Crippen LogP contribution in [0.1, 0.15) is 24.3 Å². The summed E-state index contributed by atoms with van der Waals surface area (Å²) in [6.07, 6.45) is 2.77. The van der Waals surface area contributed by atoms with Crippen molar-refractivity contribution in [3.05, 3.63) is 66.4 Å². The Labute approximate surface area is 190 Å². The molecule has 0 spiro atoms. The van der Waals surface area contributed by atoms with Gasteiger partial charge in [-0.1, -0.05) is 48.5 Å². The lowest BCUT2D eigenvalue weighted by Crippen LogP contribution is -2.48. The van der Waals surface area contributed by atoms with Gasteiger partial charge in [0.05, 0.1) is 11.2 Å². The number of amides is 4. The molecule has 9 nitrogen and oxygen atoms in total. The SMILES string of the molecule is NC(=O)n1cc(NC(=O)N2C[C@@H](N)C[C@H]2C(=O)NC2C[C@H]2c2ccccc2)c2ccccc21. The number of anilines is 1. The Kier molecular flexibility index (Phi) is 5.26. The maximum absolute atomic E-state index is 13.1. The monoisotopic (exact) mass is 446 g/mol. The zero-order valence-electron chi connectivity index (χ0n) is 18.0. The Morgan fingerprint density at radius 1 is 0.970 bits per heavy atom. The average Bonchev–Trinajstić information content (AvgIpc) is 3.30. The number of aromatic nitrogens is 1. The zero-order chi connectivity index (χ0) is 23.1. The molecule has 1 saturated carbocycles. The molecule has 9 heteroatoms. The molecule has 0 bridgehead atoms. The summed E-state index contributed by atoms with van der Waals surface area (Å²) in [5, 5.41) is 6.59. The first kappa shape index (κ1) is 21.0. The summed E-state index contributed by atoms with van der Waals surface area (Å²) in [4.78, 5) is 39.4. The summed E-state index contributed by atoms with van der Waals surface area (Å²) in [6, 6.07) is 15.2. The number of likely N-dealkylation sites (tertiary alicyclic amines) is 1. The summed E-state index contributed by atoms with van der Waals surface area (Å²) in [6.45, 7) is 0.269. The summed E-state index contributed by atoms with van der Waals surface area (Å²) in [7, 11) is 0. The van der Waals surface area contributed by atoms with Gasteiger partial charge >= 0.3 is 12.1 Å². The molecule has 2 aromatic carbocycles. The summed E-state index contributed by atoms with van der Waals surface area (Å²) in [5.74, 6) is 0.105. The van der Waals surface area contributed by atoms with E-state index in [0.29, 0.717) is 28.9 Å². The van der Waals surface area contributed by atoms with Crippen LogP contribution in [-0.4, -0.2) is 52.1 Å². The van der Waals surface area contributed by atoms with Crippen LogP contribution in [0, 0.1) is 0 Å². The van der Waals surface area contributed by atoms with Gasteiger partial charge in [0.1, 0.15) is 6.04 Å². The molecule has 1 aliphatic heterocycles. The van der Waals surface area contributed by atoms with E-state index in [1.807, 2.05) is 24.3 Å². The van der Waals surface area contributed by atoms with Crippen LogP contribution >= 0.6 is 0 Å². The number of fused-ring (bicyclic) bond motifs is 1. The fraction of sp³-hybridized carbons (Fsp3) is 0.292. The lowest BCUT2D eigenvalue weighted by molar-refractivity contribution is -0.124. The van der Waals surface area contributed by atoms with Gasteiger partial charge in [0.15, 0.2) is 0 Å². The fourth-order valence-electron chi connectivity index (χ4n) is 4.69. The number of para-hydroxylation sites is 1. The Bertz CT molecular complexity index is 1220. The highest BCUT2D eigenvalue weighted by Gasteiger charge is 2.44. The molecule has 0 radical (unpaired) electrons. The standard InChI is InChI=1S/C24H26N6O3/c25-15-10-21(22(31)27-18-11-17(18)14-6-2-1-3-7-14)30(12-15)24(33)28-19-13-29(23(26)32)20-9-5-4-8-16(19)20/h1-9,13,15,17-18,21H,10-12,25H2,(H2,26,32)(H,27,31)(H,28,33)/t15-,17-,18?,21-/m0/s1. The molecule has 4 amide bonds. The first-order valence-corrected chi connectivity index (χ1v) is 11.0. The summed E-state index contributed by atoms with van der Waals surface area (Å²) < 4.78 is 1.28. The fourth-order valence-corrected chi connectivity index (χ4v) is 4.69. The van der Waals surface area contributed by atoms with E-state index in [1.54, 1.807) is 18.2 Å². The number of nitrogens with two attached hydrogens (primary N) is 2. The Morgan fingerprint density at radius 2 is 1.70 bits per heavy atom. The Hall–Kier alpha value is -3.85. The molecule has 5 rings (SSSR count). The van der Waals surface area contributed by atoms with Crippen LogP contribution in [0.3, 0.4) is 0 Å². The van der Waals surface area contributed by atoms with Gasteiger partial charge in [0.25, 0.3) is 0 Å². The Balaban J connectivity index is 1.29. The number of rotatable bonds is 4. The molecule has 4 atom stereocenters. The number of carbonyl (C=O) groups excluding carboxylic acids is 3. The number of nitrogens with zero attached hydrogens (tertiary/aromatic N) is 2. The normalized spacial score (nSPS) is 24.0.